The van der Waals surface area contributed by atoms with Gasteiger partial charge >= 0.3 is 0 Å². The molecule has 0 fully saturated rings. The fourth-order valence-corrected chi connectivity index (χ4v) is 4.96. The summed E-state index contributed by atoms with van der Waals surface area (Å²) in [7, 11) is 2.12. The van der Waals surface area contributed by atoms with Crippen LogP contribution in [0.5, 0.6) is 0 Å². The highest BCUT2D eigenvalue weighted by Gasteiger charge is 2.27. The van der Waals surface area contributed by atoms with Gasteiger partial charge in [-0.2, -0.15) is 0 Å². The van der Waals surface area contributed by atoms with E-state index in [1.807, 2.05) is 22.7 Å². The highest BCUT2D eigenvalue weighted by atomic mass is 32.1. The van der Waals surface area contributed by atoms with Gasteiger partial charge in [-0.15, -0.1) is 22.7 Å². The van der Waals surface area contributed by atoms with Gasteiger partial charge in [0.1, 0.15) is 0 Å². The molecule has 102 valence electrons. The van der Waals surface area contributed by atoms with Crippen molar-refractivity contribution in [1.82, 2.24) is 5.32 Å². The summed E-state index contributed by atoms with van der Waals surface area (Å²) in [5.74, 6) is 0.722. The van der Waals surface area contributed by atoms with Crippen LogP contribution in [0.15, 0.2) is 29.0 Å². The van der Waals surface area contributed by atoms with E-state index < -0.39 is 0 Å². The van der Waals surface area contributed by atoms with E-state index in [4.69, 9.17) is 0 Å². The van der Waals surface area contributed by atoms with Gasteiger partial charge < -0.3 is 5.32 Å². The maximum atomic E-state index is 3.57. The van der Waals surface area contributed by atoms with Crippen LogP contribution in [0.2, 0.25) is 0 Å². The Kier molecular flexibility index (Phi) is 4.36. The Labute approximate surface area is 123 Å². The quantitative estimate of drug-likeness (QED) is 0.858. The summed E-state index contributed by atoms with van der Waals surface area (Å²) in [6.07, 6.45) is 6.45. The lowest BCUT2D eigenvalue weighted by molar-refractivity contribution is 0.397. The van der Waals surface area contributed by atoms with Crippen LogP contribution in [0.25, 0.3) is 0 Å². The Morgan fingerprint density at radius 1 is 1.32 bits per heavy atom. The number of thiophene rings is 2. The van der Waals surface area contributed by atoms with Crippen molar-refractivity contribution in [3.8, 4) is 0 Å². The smallest absolute Gasteiger partial charge is 0.0137 e. The van der Waals surface area contributed by atoms with E-state index in [1.54, 1.807) is 10.4 Å². The van der Waals surface area contributed by atoms with Crippen molar-refractivity contribution in [2.75, 3.05) is 7.05 Å². The highest BCUT2D eigenvalue weighted by molar-refractivity contribution is 7.10. The van der Waals surface area contributed by atoms with Crippen molar-refractivity contribution < 1.29 is 0 Å². The molecule has 2 atom stereocenters. The van der Waals surface area contributed by atoms with Crippen molar-refractivity contribution in [2.45, 2.75) is 44.1 Å². The summed E-state index contributed by atoms with van der Waals surface area (Å²) in [5, 5.41) is 8.03. The van der Waals surface area contributed by atoms with E-state index in [-0.39, 0.29) is 0 Å². The molecule has 2 heterocycles. The van der Waals surface area contributed by atoms with E-state index >= 15 is 0 Å². The van der Waals surface area contributed by atoms with E-state index in [0.29, 0.717) is 6.04 Å². The molecule has 1 aliphatic carbocycles. The first-order valence-electron chi connectivity index (χ1n) is 7.14. The summed E-state index contributed by atoms with van der Waals surface area (Å²) in [5.41, 5.74) is 1.63. The molecule has 0 saturated carbocycles. The van der Waals surface area contributed by atoms with Gasteiger partial charge in [-0.3, -0.25) is 0 Å². The third-order valence-corrected chi connectivity index (χ3v) is 6.17. The molecular formula is C16H21NS2. The monoisotopic (exact) mass is 291 g/mol. The van der Waals surface area contributed by atoms with Gasteiger partial charge in [0.05, 0.1) is 0 Å². The molecule has 1 N–H and O–H groups in total. The SMILES string of the molecule is CNC(CCc1cccs1)C1CCCc2sccc21. The first-order valence-corrected chi connectivity index (χ1v) is 8.90. The molecular weight excluding hydrogens is 270 g/mol. The Bertz CT molecular complexity index is 501. The molecule has 2 aromatic rings. The van der Waals surface area contributed by atoms with Gasteiger partial charge in [0.25, 0.3) is 0 Å². The molecule has 3 heteroatoms. The molecule has 0 aliphatic heterocycles. The normalized spacial score (nSPS) is 20.2. The van der Waals surface area contributed by atoms with Crippen molar-refractivity contribution >= 4 is 22.7 Å². The van der Waals surface area contributed by atoms with Crippen molar-refractivity contribution in [2.24, 2.45) is 0 Å². The largest absolute Gasteiger partial charge is 0.316 e. The van der Waals surface area contributed by atoms with Gasteiger partial charge in [0, 0.05) is 21.7 Å². The number of rotatable bonds is 5. The van der Waals surface area contributed by atoms with Gasteiger partial charge in [0.2, 0.25) is 0 Å². The zero-order valence-electron chi connectivity index (χ0n) is 11.4. The third kappa shape index (κ3) is 2.93. The maximum Gasteiger partial charge on any atom is 0.0137 e. The molecule has 2 unspecified atom stereocenters. The van der Waals surface area contributed by atoms with Crippen LogP contribution in [0.3, 0.4) is 0 Å². The second-order valence-electron chi connectivity index (χ2n) is 5.31. The molecule has 0 aromatic carbocycles. The standard InChI is InChI=1S/C16H21NS2/c1-17-15(8-7-12-4-3-10-18-12)13-5-2-6-16-14(13)9-11-19-16/h3-4,9-11,13,15,17H,2,5-8H2,1H3. The van der Waals surface area contributed by atoms with Crippen LogP contribution < -0.4 is 5.32 Å². The van der Waals surface area contributed by atoms with Crippen LogP contribution in [-0.4, -0.2) is 13.1 Å². The summed E-state index contributed by atoms with van der Waals surface area (Å²) < 4.78 is 0. The topological polar surface area (TPSA) is 12.0 Å². The zero-order chi connectivity index (χ0) is 13.1. The average molecular weight is 291 g/mol. The molecule has 1 aliphatic rings. The number of likely N-dealkylation sites (N-methyl/N-ethyl adjacent to an activating group) is 1. The number of fused-ring (bicyclic) bond motifs is 1. The average Bonchev–Trinajstić information content (AvgIpc) is 3.10. The predicted molar refractivity (Wildman–Crippen MR) is 85.5 cm³/mol. The number of hydrogen-bond donors (Lipinski definition) is 1. The number of hydrogen-bond acceptors (Lipinski definition) is 3. The summed E-state index contributed by atoms with van der Waals surface area (Å²) in [4.78, 5) is 3.15. The van der Waals surface area contributed by atoms with Gasteiger partial charge in [0.15, 0.2) is 0 Å². The van der Waals surface area contributed by atoms with Crippen LogP contribution >= 0.6 is 22.7 Å². The summed E-state index contributed by atoms with van der Waals surface area (Å²) >= 11 is 3.83. The summed E-state index contributed by atoms with van der Waals surface area (Å²) in [6, 6.07) is 7.40. The minimum absolute atomic E-state index is 0.621. The first-order chi connectivity index (χ1) is 9.38. The van der Waals surface area contributed by atoms with Gasteiger partial charge in [-0.05, 0) is 67.6 Å². The van der Waals surface area contributed by atoms with E-state index in [9.17, 15) is 0 Å². The minimum atomic E-state index is 0.621. The Balaban J connectivity index is 1.69. The molecule has 0 bridgehead atoms. The molecule has 3 rings (SSSR count). The van der Waals surface area contributed by atoms with Crippen molar-refractivity contribution in [3.63, 3.8) is 0 Å². The first kappa shape index (κ1) is 13.3. The fourth-order valence-electron chi connectivity index (χ4n) is 3.24. The van der Waals surface area contributed by atoms with E-state index in [0.717, 1.165) is 5.92 Å². The number of nitrogens with one attached hydrogen (secondary N) is 1. The molecule has 0 amide bonds. The molecule has 2 aromatic heterocycles. The van der Waals surface area contributed by atoms with Gasteiger partial charge in [-0.1, -0.05) is 6.07 Å². The Hall–Kier alpha value is -0.640. The van der Waals surface area contributed by atoms with Crippen molar-refractivity contribution in [1.29, 1.82) is 0 Å². The zero-order valence-corrected chi connectivity index (χ0v) is 13.0. The van der Waals surface area contributed by atoms with Crippen LogP contribution in [0.4, 0.5) is 0 Å². The lowest BCUT2D eigenvalue weighted by atomic mass is 9.81. The minimum Gasteiger partial charge on any atom is -0.316 e. The Morgan fingerprint density at radius 2 is 2.26 bits per heavy atom. The fraction of sp³-hybridized carbons (Fsp3) is 0.500. The predicted octanol–water partition coefficient (Wildman–Crippen LogP) is 4.45. The molecule has 19 heavy (non-hydrogen) atoms. The molecule has 1 nitrogen and oxygen atoms in total. The van der Waals surface area contributed by atoms with Crippen LogP contribution in [0.1, 0.15) is 40.5 Å². The van der Waals surface area contributed by atoms with Crippen LogP contribution in [-0.2, 0) is 12.8 Å². The van der Waals surface area contributed by atoms with E-state index in [1.165, 1.54) is 37.0 Å². The Morgan fingerprint density at radius 3 is 3.05 bits per heavy atom. The molecule has 0 radical (unpaired) electrons. The third-order valence-electron chi connectivity index (χ3n) is 4.24. The van der Waals surface area contributed by atoms with Crippen LogP contribution in [0, 0.1) is 0 Å². The number of aryl methyl sites for hydroxylation is 2. The maximum absolute atomic E-state index is 3.57. The van der Waals surface area contributed by atoms with Crippen molar-refractivity contribution in [3.05, 3.63) is 44.3 Å². The van der Waals surface area contributed by atoms with Gasteiger partial charge in [-0.25, -0.2) is 0 Å². The highest BCUT2D eigenvalue weighted by Crippen LogP contribution is 2.38. The summed E-state index contributed by atoms with van der Waals surface area (Å²) in [6.45, 7) is 0. The lowest BCUT2D eigenvalue weighted by Gasteiger charge is -2.30. The van der Waals surface area contributed by atoms with E-state index in [2.05, 4.69) is 41.3 Å². The second kappa shape index (κ2) is 6.21. The molecule has 0 saturated heterocycles. The lowest BCUT2D eigenvalue weighted by Crippen LogP contribution is -2.34. The molecule has 0 spiro atoms. The second-order valence-corrected chi connectivity index (χ2v) is 7.34.